The number of halogens is 1. The van der Waals surface area contributed by atoms with Crippen molar-refractivity contribution >= 4 is 11.3 Å². The number of nitrogens with zero attached hydrogens (tertiary/aromatic N) is 1. The van der Waals surface area contributed by atoms with Crippen molar-refractivity contribution in [2.45, 2.75) is 6.10 Å². The predicted molar refractivity (Wildman–Crippen MR) is 78.0 cm³/mol. The molecule has 20 heavy (non-hydrogen) atoms. The molecule has 1 N–H and O–H groups in total. The Bertz CT molecular complexity index is 694. The van der Waals surface area contributed by atoms with Crippen molar-refractivity contribution in [1.29, 1.82) is 0 Å². The van der Waals surface area contributed by atoms with E-state index in [1.807, 2.05) is 35.7 Å². The Morgan fingerprint density at radius 1 is 1.00 bits per heavy atom. The molecule has 0 spiro atoms. The van der Waals surface area contributed by atoms with E-state index in [0.717, 1.165) is 11.3 Å². The van der Waals surface area contributed by atoms with Crippen LogP contribution in [-0.4, -0.2) is 10.1 Å². The van der Waals surface area contributed by atoms with Gasteiger partial charge in [0.2, 0.25) is 0 Å². The molecule has 1 heterocycles. The van der Waals surface area contributed by atoms with Gasteiger partial charge in [0, 0.05) is 10.9 Å². The quantitative estimate of drug-likeness (QED) is 0.788. The lowest BCUT2D eigenvalue weighted by atomic mass is 10.1. The largest absolute Gasteiger partial charge is 0.381 e. The number of benzene rings is 2. The number of aliphatic hydroxyl groups excluding tert-OH is 1. The van der Waals surface area contributed by atoms with Gasteiger partial charge in [-0.15, -0.1) is 11.3 Å². The van der Waals surface area contributed by atoms with E-state index in [1.54, 1.807) is 12.1 Å². The summed E-state index contributed by atoms with van der Waals surface area (Å²) >= 11 is 1.40. The summed E-state index contributed by atoms with van der Waals surface area (Å²) in [5, 5.41) is 12.8. The van der Waals surface area contributed by atoms with Gasteiger partial charge in [-0.25, -0.2) is 9.37 Å². The summed E-state index contributed by atoms with van der Waals surface area (Å²) in [4.78, 5) is 4.45. The summed E-state index contributed by atoms with van der Waals surface area (Å²) in [5.41, 5.74) is 2.49. The van der Waals surface area contributed by atoms with Crippen molar-refractivity contribution in [3.63, 3.8) is 0 Å². The molecule has 1 unspecified atom stereocenters. The fourth-order valence-electron chi connectivity index (χ4n) is 1.94. The van der Waals surface area contributed by atoms with Crippen molar-refractivity contribution < 1.29 is 9.50 Å². The number of hydrogen-bond donors (Lipinski definition) is 1. The summed E-state index contributed by atoms with van der Waals surface area (Å²) in [6.45, 7) is 0. The number of thiazole rings is 1. The van der Waals surface area contributed by atoms with Crippen LogP contribution in [0.2, 0.25) is 0 Å². The molecule has 0 aliphatic heterocycles. The zero-order chi connectivity index (χ0) is 13.9. The molecule has 0 saturated carbocycles. The Balaban J connectivity index is 1.88. The Labute approximate surface area is 120 Å². The van der Waals surface area contributed by atoms with Crippen molar-refractivity contribution in [2.75, 3.05) is 0 Å². The molecule has 4 heteroatoms. The molecule has 1 atom stereocenters. The molecule has 0 radical (unpaired) electrons. The maximum Gasteiger partial charge on any atom is 0.131 e. The summed E-state index contributed by atoms with van der Waals surface area (Å²) in [6, 6.07) is 15.6. The molecule has 0 amide bonds. The number of hydrogen-bond acceptors (Lipinski definition) is 3. The van der Waals surface area contributed by atoms with E-state index in [-0.39, 0.29) is 5.82 Å². The van der Waals surface area contributed by atoms with Gasteiger partial charge in [0.25, 0.3) is 0 Å². The van der Waals surface area contributed by atoms with Crippen LogP contribution < -0.4 is 0 Å². The fourth-order valence-corrected chi connectivity index (χ4v) is 2.78. The van der Waals surface area contributed by atoms with Gasteiger partial charge in [-0.3, -0.25) is 0 Å². The highest BCUT2D eigenvalue weighted by Gasteiger charge is 2.15. The first-order valence-electron chi connectivity index (χ1n) is 6.18. The van der Waals surface area contributed by atoms with Gasteiger partial charge >= 0.3 is 0 Å². The van der Waals surface area contributed by atoms with Gasteiger partial charge in [0.05, 0.1) is 5.69 Å². The third kappa shape index (κ3) is 2.61. The highest BCUT2D eigenvalue weighted by Crippen LogP contribution is 2.29. The Morgan fingerprint density at radius 2 is 1.70 bits per heavy atom. The van der Waals surface area contributed by atoms with E-state index in [0.29, 0.717) is 10.6 Å². The van der Waals surface area contributed by atoms with Gasteiger partial charge in [-0.1, -0.05) is 42.5 Å². The van der Waals surface area contributed by atoms with Crippen molar-refractivity contribution in [3.05, 3.63) is 76.4 Å². The zero-order valence-corrected chi connectivity index (χ0v) is 11.3. The summed E-state index contributed by atoms with van der Waals surface area (Å²) in [6.07, 6.45) is -0.821. The minimum Gasteiger partial charge on any atom is -0.381 e. The first-order chi connectivity index (χ1) is 9.74. The Hall–Kier alpha value is -2.04. The highest BCUT2D eigenvalue weighted by molar-refractivity contribution is 7.10. The van der Waals surface area contributed by atoms with Crippen LogP contribution in [0.1, 0.15) is 16.7 Å². The average Bonchev–Trinajstić information content (AvgIpc) is 2.98. The maximum atomic E-state index is 12.9. The number of aromatic nitrogens is 1. The van der Waals surface area contributed by atoms with Crippen molar-refractivity contribution in [2.24, 2.45) is 0 Å². The standard InChI is InChI=1S/C16H12FNOS/c17-13-8-6-12(7-9-13)15(19)16-18-14(10-20-16)11-4-2-1-3-5-11/h1-10,15,19H. The maximum absolute atomic E-state index is 12.9. The van der Waals surface area contributed by atoms with Crippen LogP contribution in [0, 0.1) is 5.82 Å². The van der Waals surface area contributed by atoms with Gasteiger partial charge in [0.1, 0.15) is 16.9 Å². The molecule has 100 valence electrons. The van der Waals surface area contributed by atoms with Crippen LogP contribution in [0.5, 0.6) is 0 Å². The molecular weight excluding hydrogens is 273 g/mol. The predicted octanol–water partition coefficient (Wildman–Crippen LogP) is 4.03. The normalized spacial score (nSPS) is 12.3. The lowest BCUT2D eigenvalue weighted by molar-refractivity contribution is 0.220. The molecule has 2 nitrogen and oxygen atoms in total. The first kappa shape index (κ1) is 13.0. The molecule has 0 saturated heterocycles. The topological polar surface area (TPSA) is 33.1 Å². The molecule has 3 aromatic rings. The summed E-state index contributed by atoms with van der Waals surface area (Å²) < 4.78 is 12.9. The molecule has 2 aromatic carbocycles. The third-order valence-electron chi connectivity index (χ3n) is 3.01. The second kappa shape index (κ2) is 5.53. The van der Waals surface area contributed by atoms with Gasteiger partial charge in [0.15, 0.2) is 0 Å². The van der Waals surface area contributed by atoms with Crippen LogP contribution in [-0.2, 0) is 0 Å². The molecule has 0 aliphatic rings. The molecule has 1 aromatic heterocycles. The molecule has 0 fully saturated rings. The third-order valence-corrected chi connectivity index (χ3v) is 3.91. The van der Waals surface area contributed by atoms with E-state index in [1.165, 1.54) is 23.5 Å². The molecule has 0 bridgehead atoms. The monoisotopic (exact) mass is 285 g/mol. The SMILES string of the molecule is OC(c1ccc(F)cc1)c1nc(-c2ccccc2)cs1. The smallest absolute Gasteiger partial charge is 0.131 e. The summed E-state index contributed by atoms with van der Waals surface area (Å²) in [7, 11) is 0. The Kier molecular flexibility index (Phi) is 3.58. The van der Waals surface area contributed by atoms with E-state index in [9.17, 15) is 9.50 Å². The van der Waals surface area contributed by atoms with Crippen molar-refractivity contribution in [3.8, 4) is 11.3 Å². The lowest BCUT2D eigenvalue weighted by Crippen LogP contribution is -1.99. The number of aliphatic hydroxyl groups is 1. The molecule has 0 aliphatic carbocycles. The van der Waals surface area contributed by atoms with Gasteiger partial charge in [-0.05, 0) is 17.7 Å². The minimum absolute atomic E-state index is 0.315. The Morgan fingerprint density at radius 3 is 2.40 bits per heavy atom. The second-order valence-corrected chi connectivity index (χ2v) is 5.28. The lowest BCUT2D eigenvalue weighted by Gasteiger charge is -2.07. The van der Waals surface area contributed by atoms with E-state index in [4.69, 9.17) is 0 Å². The molecule has 3 rings (SSSR count). The van der Waals surface area contributed by atoms with Crippen LogP contribution >= 0.6 is 11.3 Å². The van der Waals surface area contributed by atoms with Crippen LogP contribution in [0.25, 0.3) is 11.3 Å². The second-order valence-electron chi connectivity index (χ2n) is 4.39. The molecular formula is C16H12FNOS. The van der Waals surface area contributed by atoms with Crippen LogP contribution in [0.15, 0.2) is 60.0 Å². The minimum atomic E-state index is -0.821. The van der Waals surface area contributed by atoms with E-state index >= 15 is 0 Å². The fraction of sp³-hybridized carbons (Fsp3) is 0.0625. The van der Waals surface area contributed by atoms with Crippen LogP contribution in [0.4, 0.5) is 4.39 Å². The first-order valence-corrected chi connectivity index (χ1v) is 7.06. The average molecular weight is 285 g/mol. The van der Waals surface area contributed by atoms with E-state index in [2.05, 4.69) is 4.98 Å². The van der Waals surface area contributed by atoms with Gasteiger partial charge < -0.3 is 5.11 Å². The highest BCUT2D eigenvalue weighted by atomic mass is 32.1. The van der Waals surface area contributed by atoms with E-state index < -0.39 is 6.10 Å². The van der Waals surface area contributed by atoms with Crippen molar-refractivity contribution in [1.82, 2.24) is 4.98 Å². The van der Waals surface area contributed by atoms with Gasteiger partial charge in [-0.2, -0.15) is 0 Å². The van der Waals surface area contributed by atoms with Crippen LogP contribution in [0.3, 0.4) is 0 Å². The summed E-state index contributed by atoms with van der Waals surface area (Å²) in [5.74, 6) is -0.315. The number of rotatable bonds is 3. The zero-order valence-electron chi connectivity index (χ0n) is 10.5.